The van der Waals surface area contributed by atoms with Crippen molar-refractivity contribution in [2.45, 2.75) is 62.7 Å². The van der Waals surface area contributed by atoms with Gasteiger partial charge in [-0.15, -0.1) is 0 Å². The Morgan fingerprint density at radius 2 is 1.52 bits per heavy atom. The molecule has 10 nitrogen and oxygen atoms in total. The third-order valence-corrected chi connectivity index (χ3v) is 9.82. The largest absolute Gasteiger partial charge is 0.481 e. The van der Waals surface area contributed by atoms with E-state index in [2.05, 4.69) is 10.0 Å². The molecule has 0 saturated heterocycles. The van der Waals surface area contributed by atoms with E-state index in [1.165, 1.54) is 24.3 Å². The van der Waals surface area contributed by atoms with Crippen LogP contribution in [-0.2, 0) is 26.0 Å². The number of carbonyl (C=O) groups excluding carboxylic acids is 2. The quantitative estimate of drug-likeness (QED) is 0.165. The number of carboxylic acid groups (broad SMARTS) is 1. The van der Waals surface area contributed by atoms with Crippen molar-refractivity contribution in [1.82, 2.24) is 9.62 Å². The van der Waals surface area contributed by atoms with Crippen molar-refractivity contribution in [3.05, 3.63) is 84.4 Å². The lowest BCUT2D eigenvalue weighted by Crippen LogP contribution is -2.46. The lowest BCUT2D eigenvalue weighted by atomic mass is 9.88. The van der Waals surface area contributed by atoms with Gasteiger partial charge in [0.15, 0.2) is 0 Å². The molecule has 0 aliphatic heterocycles. The number of anilines is 1. The van der Waals surface area contributed by atoms with Gasteiger partial charge in [-0.2, -0.15) is 0 Å². The summed E-state index contributed by atoms with van der Waals surface area (Å²) in [5, 5.41) is 21.3. The Morgan fingerprint density at radius 1 is 0.870 bits per heavy atom. The Bertz CT molecular complexity index is 1540. The number of nitrogens with zero attached hydrogens (tertiary/aromatic N) is 1. The number of aryl methyl sites for hydroxylation is 1. The summed E-state index contributed by atoms with van der Waals surface area (Å²) >= 11 is 0. The normalized spacial score (nSPS) is 14.4. The summed E-state index contributed by atoms with van der Waals surface area (Å²) in [6.07, 6.45) is 6.06. The maximum Gasteiger partial charge on any atom is 0.328 e. The van der Waals surface area contributed by atoms with Gasteiger partial charge < -0.3 is 15.5 Å². The Balaban J connectivity index is 1.45. The molecular weight excluding hydrogens is 606 g/mol. The summed E-state index contributed by atoms with van der Waals surface area (Å²) in [4.78, 5) is 40.4. The van der Waals surface area contributed by atoms with Crippen LogP contribution in [0.1, 0.15) is 56.9 Å². The number of aliphatic hydroxyl groups is 1. The monoisotopic (exact) mass is 649 g/mol. The van der Waals surface area contributed by atoms with E-state index in [1.54, 1.807) is 0 Å². The molecule has 3 aromatic rings. The second-order valence-corrected chi connectivity index (χ2v) is 13.5. The molecule has 0 aromatic heterocycles. The van der Waals surface area contributed by atoms with Crippen LogP contribution in [0.15, 0.2) is 83.8 Å². The zero-order valence-corrected chi connectivity index (χ0v) is 26.8. The minimum atomic E-state index is -3.83. The van der Waals surface area contributed by atoms with E-state index in [0.717, 1.165) is 53.7 Å². The van der Waals surface area contributed by atoms with Gasteiger partial charge in [0.2, 0.25) is 15.9 Å². The lowest BCUT2D eigenvalue weighted by molar-refractivity contribution is -0.143. The summed E-state index contributed by atoms with van der Waals surface area (Å²) < 4.78 is 27.0. The van der Waals surface area contributed by atoms with Crippen LogP contribution in [0.5, 0.6) is 0 Å². The van der Waals surface area contributed by atoms with Crippen molar-refractivity contribution in [2.75, 3.05) is 25.0 Å². The molecule has 11 heteroatoms. The SMILES string of the molecule is O=C(O)CC(CCCc1ccc(-c2ccccc2)cc1)C(=O)N(CC1CCCCC1)C(=O)Nc1ccc(S(=O)(=O)NCCO)cc1. The zero-order chi connectivity index (χ0) is 32.9. The Kier molecular flexibility index (Phi) is 12.9. The third kappa shape index (κ3) is 10.2. The van der Waals surface area contributed by atoms with Crippen molar-refractivity contribution in [3.63, 3.8) is 0 Å². The maximum absolute atomic E-state index is 13.9. The van der Waals surface area contributed by atoms with E-state index in [-0.39, 0.29) is 36.9 Å². The Hall–Kier alpha value is -4.06. The van der Waals surface area contributed by atoms with Gasteiger partial charge in [-0.1, -0.05) is 73.9 Å². The second kappa shape index (κ2) is 17.0. The maximum atomic E-state index is 13.9. The predicted octanol–water partition coefficient (Wildman–Crippen LogP) is 5.68. The van der Waals surface area contributed by atoms with Gasteiger partial charge >= 0.3 is 12.0 Å². The molecule has 1 unspecified atom stereocenters. The molecule has 4 N–H and O–H groups in total. The molecule has 0 heterocycles. The molecule has 1 aliphatic rings. The predicted molar refractivity (Wildman–Crippen MR) is 177 cm³/mol. The standard InChI is InChI=1S/C35H43N3O7S/c39-23-22-36-46(44,45)32-20-18-31(19-21-32)37-35(43)38(25-27-8-3-1-4-9-27)34(42)30(24-33(40)41)13-7-10-26-14-16-29(17-15-26)28-11-5-2-6-12-28/h2,5-6,11-12,14-21,27,30,36,39H,1,3-4,7-10,13,22-25H2,(H,37,43)(H,40,41). The van der Waals surface area contributed by atoms with Gasteiger partial charge in [-0.3, -0.25) is 14.5 Å². The van der Waals surface area contributed by atoms with Crippen LogP contribution >= 0.6 is 0 Å². The van der Waals surface area contributed by atoms with Crippen LogP contribution in [0.3, 0.4) is 0 Å². The van der Waals surface area contributed by atoms with Crippen molar-refractivity contribution < 1.29 is 33.0 Å². The number of imide groups is 1. The van der Waals surface area contributed by atoms with Crippen molar-refractivity contribution >= 4 is 33.6 Å². The Morgan fingerprint density at radius 3 is 2.15 bits per heavy atom. The molecule has 246 valence electrons. The number of hydrogen-bond acceptors (Lipinski definition) is 6. The lowest BCUT2D eigenvalue weighted by Gasteiger charge is -2.31. The third-order valence-electron chi connectivity index (χ3n) is 8.35. The molecule has 1 atom stereocenters. The first-order chi connectivity index (χ1) is 22.2. The number of rotatable bonds is 15. The minimum absolute atomic E-state index is 0.0367. The minimum Gasteiger partial charge on any atom is -0.481 e. The smallest absolute Gasteiger partial charge is 0.328 e. The van der Waals surface area contributed by atoms with Gasteiger partial charge in [0.25, 0.3) is 0 Å². The molecule has 1 fully saturated rings. The van der Waals surface area contributed by atoms with Crippen LogP contribution in [0.4, 0.5) is 10.5 Å². The van der Waals surface area contributed by atoms with E-state index in [1.807, 2.05) is 54.6 Å². The van der Waals surface area contributed by atoms with Gasteiger partial charge in [-0.05, 0) is 79.0 Å². The molecule has 0 radical (unpaired) electrons. The fraction of sp³-hybridized carbons (Fsp3) is 0.400. The van der Waals surface area contributed by atoms with Gasteiger partial charge in [-0.25, -0.2) is 17.9 Å². The highest BCUT2D eigenvalue weighted by Crippen LogP contribution is 2.27. The molecule has 46 heavy (non-hydrogen) atoms. The van der Waals surface area contributed by atoms with Crippen LogP contribution in [0.25, 0.3) is 11.1 Å². The van der Waals surface area contributed by atoms with Crippen molar-refractivity contribution in [3.8, 4) is 11.1 Å². The second-order valence-electron chi connectivity index (χ2n) is 11.8. The fourth-order valence-corrected chi connectivity index (χ4v) is 6.88. The van der Waals surface area contributed by atoms with Crippen LogP contribution < -0.4 is 10.0 Å². The summed E-state index contributed by atoms with van der Waals surface area (Å²) in [6, 6.07) is 23.0. The van der Waals surface area contributed by atoms with Gasteiger partial charge in [0, 0.05) is 24.7 Å². The number of aliphatic carboxylic acids is 1. The van der Waals surface area contributed by atoms with Gasteiger partial charge in [0.05, 0.1) is 17.9 Å². The number of carbonyl (C=O) groups is 3. The number of nitrogens with one attached hydrogen (secondary N) is 2. The number of aliphatic hydroxyl groups excluding tert-OH is 1. The van der Waals surface area contributed by atoms with Gasteiger partial charge in [0.1, 0.15) is 0 Å². The summed E-state index contributed by atoms with van der Waals surface area (Å²) in [6.45, 7) is -0.278. The highest BCUT2D eigenvalue weighted by Gasteiger charge is 2.32. The number of benzene rings is 3. The molecule has 3 aromatic carbocycles. The number of sulfonamides is 1. The first-order valence-corrected chi connectivity index (χ1v) is 17.3. The summed E-state index contributed by atoms with van der Waals surface area (Å²) in [5.74, 6) is -2.37. The van der Waals surface area contributed by atoms with Crippen LogP contribution in [0.2, 0.25) is 0 Å². The molecular formula is C35H43N3O7S. The first-order valence-electron chi connectivity index (χ1n) is 15.9. The average Bonchev–Trinajstić information content (AvgIpc) is 3.07. The van der Waals surface area contributed by atoms with Crippen molar-refractivity contribution in [2.24, 2.45) is 11.8 Å². The highest BCUT2D eigenvalue weighted by atomic mass is 32.2. The highest BCUT2D eigenvalue weighted by molar-refractivity contribution is 7.89. The van der Waals surface area contributed by atoms with Crippen LogP contribution in [-0.4, -0.2) is 61.1 Å². The molecule has 3 amide bonds. The first kappa shape index (κ1) is 34.8. The number of urea groups is 1. The molecule has 1 aliphatic carbocycles. The molecule has 0 spiro atoms. The number of hydrogen-bond donors (Lipinski definition) is 4. The van der Waals surface area contributed by atoms with E-state index in [9.17, 15) is 27.9 Å². The van der Waals surface area contributed by atoms with E-state index >= 15 is 0 Å². The number of carboxylic acids is 1. The molecule has 1 saturated carbocycles. The van der Waals surface area contributed by atoms with E-state index < -0.39 is 33.8 Å². The molecule has 0 bridgehead atoms. The topological polar surface area (TPSA) is 153 Å². The molecule has 4 rings (SSSR count). The summed E-state index contributed by atoms with van der Waals surface area (Å²) in [5.41, 5.74) is 3.59. The van der Waals surface area contributed by atoms with E-state index in [0.29, 0.717) is 24.9 Å². The van der Waals surface area contributed by atoms with Crippen LogP contribution in [0, 0.1) is 11.8 Å². The van der Waals surface area contributed by atoms with Crippen molar-refractivity contribution in [1.29, 1.82) is 0 Å². The number of amides is 3. The summed E-state index contributed by atoms with van der Waals surface area (Å²) in [7, 11) is -3.83. The zero-order valence-electron chi connectivity index (χ0n) is 25.9. The fourth-order valence-electron chi connectivity index (χ4n) is 5.86. The van der Waals surface area contributed by atoms with E-state index in [4.69, 9.17) is 5.11 Å². The average molecular weight is 650 g/mol. The Labute approximate surface area is 270 Å².